The van der Waals surface area contributed by atoms with Crippen LogP contribution in [0.1, 0.15) is 17.8 Å². The van der Waals surface area contributed by atoms with Crippen LogP contribution in [0.2, 0.25) is 0 Å². The van der Waals surface area contributed by atoms with Crippen LogP contribution < -0.4 is 0 Å². The molecule has 0 radical (unpaired) electrons. The first-order valence-electron chi connectivity index (χ1n) is 6.20. The van der Waals surface area contributed by atoms with Crippen molar-refractivity contribution in [1.82, 2.24) is 9.97 Å². The van der Waals surface area contributed by atoms with E-state index in [-0.39, 0.29) is 0 Å². The summed E-state index contributed by atoms with van der Waals surface area (Å²) in [5.74, 6) is 0. The first-order valence-corrected chi connectivity index (χ1v) is 7.08. The van der Waals surface area contributed by atoms with Crippen LogP contribution in [-0.4, -0.2) is 23.2 Å². The molecule has 1 aliphatic rings. The maximum absolute atomic E-state index is 9.52. The molecule has 0 spiro atoms. The number of thiazole rings is 1. The van der Waals surface area contributed by atoms with E-state index >= 15 is 0 Å². The van der Waals surface area contributed by atoms with Gasteiger partial charge in [0.05, 0.1) is 17.5 Å². The van der Waals surface area contributed by atoms with Crippen molar-refractivity contribution < 1.29 is 4.74 Å². The summed E-state index contributed by atoms with van der Waals surface area (Å²) >= 11 is 1.55. The first kappa shape index (κ1) is 12.3. The lowest BCUT2D eigenvalue weighted by atomic mass is 9.82. The Hall–Kier alpha value is -1.77. The molecule has 0 bridgehead atoms. The van der Waals surface area contributed by atoms with Gasteiger partial charge in [-0.05, 0) is 25.0 Å². The summed E-state index contributed by atoms with van der Waals surface area (Å²) in [6, 6.07) is 8.20. The molecule has 1 fully saturated rings. The summed E-state index contributed by atoms with van der Waals surface area (Å²) in [4.78, 5) is 8.92. The number of nitrogens with zero attached hydrogens (tertiary/aromatic N) is 3. The average Bonchev–Trinajstić information content (AvgIpc) is 2.99. The predicted octanol–water partition coefficient (Wildman–Crippen LogP) is 2.78. The van der Waals surface area contributed by atoms with E-state index in [1.807, 2.05) is 23.6 Å². The number of hydrogen-bond donors (Lipinski definition) is 0. The molecule has 0 unspecified atom stereocenters. The van der Waals surface area contributed by atoms with Crippen molar-refractivity contribution in [3.8, 4) is 17.5 Å². The molecule has 3 rings (SSSR count). The van der Waals surface area contributed by atoms with E-state index in [0.717, 1.165) is 29.2 Å². The van der Waals surface area contributed by atoms with Gasteiger partial charge in [0.2, 0.25) is 0 Å². The van der Waals surface area contributed by atoms with Gasteiger partial charge in [0, 0.05) is 24.8 Å². The number of aromatic nitrogens is 2. The van der Waals surface area contributed by atoms with Gasteiger partial charge in [-0.1, -0.05) is 6.07 Å². The zero-order valence-electron chi connectivity index (χ0n) is 10.4. The molecule has 0 aromatic carbocycles. The van der Waals surface area contributed by atoms with Crippen LogP contribution in [-0.2, 0) is 10.2 Å². The molecule has 1 aliphatic heterocycles. The van der Waals surface area contributed by atoms with Crippen LogP contribution in [0, 0.1) is 11.3 Å². The highest BCUT2D eigenvalue weighted by molar-refractivity contribution is 7.10. The van der Waals surface area contributed by atoms with Crippen molar-refractivity contribution in [2.24, 2.45) is 0 Å². The third kappa shape index (κ3) is 2.25. The molecule has 2 aromatic rings. The molecule has 19 heavy (non-hydrogen) atoms. The number of ether oxygens (including phenoxy) is 1. The molecular weight excluding hydrogens is 258 g/mol. The molecule has 0 aliphatic carbocycles. The second kappa shape index (κ2) is 5.08. The Bertz CT molecular complexity index is 597. The molecule has 3 heterocycles. The van der Waals surface area contributed by atoms with Crippen molar-refractivity contribution >= 4 is 11.3 Å². The second-order valence-corrected chi connectivity index (χ2v) is 5.42. The van der Waals surface area contributed by atoms with Gasteiger partial charge in [-0.25, -0.2) is 4.98 Å². The molecule has 0 saturated carbocycles. The Labute approximate surface area is 115 Å². The van der Waals surface area contributed by atoms with Gasteiger partial charge in [0.25, 0.3) is 0 Å². The van der Waals surface area contributed by atoms with Gasteiger partial charge in [0.15, 0.2) is 0 Å². The Morgan fingerprint density at radius 3 is 2.79 bits per heavy atom. The van der Waals surface area contributed by atoms with E-state index in [0.29, 0.717) is 13.2 Å². The molecule has 0 atom stereocenters. The molecule has 4 nitrogen and oxygen atoms in total. The summed E-state index contributed by atoms with van der Waals surface area (Å²) in [6.07, 6.45) is 3.19. The molecule has 0 N–H and O–H groups in total. The van der Waals surface area contributed by atoms with Crippen LogP contribution in [0.4, 0.5) is 0 Å². The normalized spacial score (nSPS) is 17.8. The SMILES string of the molecule is N#CC1(c2nc(-c3ccccn3)cs2)CCOCC1. The zero-order valence-corrected chi connectivity index (χ0v) is 11.2. The molecule has 96 valence electrons. The van der Waals surface area contributed by atoms with Gasteiger partial charge in [-0.2, -0.15) is 5.26 Å². The van der Waals surface area contributed by atoms with Gasteiger partial charge < -0.3 is 4.74 Å². The van der Waals surface area contributed by atoms with Gasteiger partial charge >= 0.3 is 0 Å². The standard InChI is InChI=1S/C14H13N3OS/c15-10-14(4-7-18-8-5-14)13-17-12(9-19-13)11-3-1-2-6-16-11/h1-3,6,9H,4-5,7-8H2. The van der Waals surface area contributed by atoms with Crippen LogP contribution >= 0.6 is 11.3 Å². The minimum Gasteiger partial charge on any atom is -0.381 e. The summed E-state index contributed by atoms with van der Waals surface area (Å²) in [5.41, 5.74) is 1.22. The highest BCUT2D eigenvalue weighted by atomic mass is 32.1. The van der Waals surface area contributed by atoms with Crippen molar-refractivity contribution in [2.45, 2.75) is 18.3 Å². The van der Waals surface area contributed by atoms with Crippen LogP contribution in [0.3, 0.4) is 0 Å². The summed E-state index contributed by atoms with van der Waals surface area (Å²) in [7, 11) is 0. The van der Waals surface area contributed by atoms with Crippen molar-refractivity contribution in [2.75, 3.05) is 13.2 Å². The average molecular weight is 271 g/mol. The highest BCUT2D eigenvalue weighted by Gasteiger charge is 2.37. The molecule has 2 aromatic heterocycles. The number of pyridine rings is 1. The fourth-order valence-corrected chi connectivity index (χ4v) is 3.24. The van der Waals surface area contributed by atoms with Crippen molar-refractivity contribution in [3.63, 3.8) is 0 Å². The Morgan fingerprint density at radius 2 is 2.11 bits per heavy atom. The Kier molecular flexibility index (Phi) is 3.28. The second-order valence-electron chi connectivity index (χ2n) is 4.56. The van der Waals surface area contributed by atoms with Crippen LogP contribution in [0.5, 0.6) is 0 Å². The van der Waals surface area contributed by atoms with E-state index in [2.05, 4.69) is 16.0 Å². The summed E-state index contributed by atoms with van der Waals surface area (Å²) in [5, 5.41) is 12.4. The molecule has 5 heteroatoms. The third-order valence-corrected chi connectivity index (χ3v) is 4.45. The number of nitriles is 1. The van der Waals surface area contributed by atoms with E-state index in [1.165, 1.54) is 0 Å². The van der Waals surface area contributed by atoms with Crippen LogP contribution in [0.15, 0.2) is 29.8 Å². The van der Waals surface area contributed by atoms with E-state index in [9.17, 15) is 5.26 Å². The van der Waals surface area contributed by atoms with Gasteiger partial charge in [0.1, 0.15) is 10.4 Å². The monoisotopic (exact) mass is 271 g/mol. The smallest absolute Gasteiger partial charge is 0.114 e. The van der Waals surface area contributed by atoms with E-state index in [4.69, 9.17) is 4.74 Å². The number of rotatable bonds is 2. The van der Waals surface area contributed by atoms with Gasteiger partial charge in [-0.3, -0.25) is 4.98 Å². The quantitative estimate of drug-likeness (QED) is 0.842. The molecule has 1 saturated heterocycles. The lowest BCUT2D eigenvalue weighted by Gasteiger charge is -2.28. The van der Waals surface area contributed by atoms with Crippen molar-refractivity contribution in [1.29, 1.82) is 5.26 Å². The summed E-state index contributed by atoms with van der Waals surface area (Å²) < 4.78 is 5.35. The number of hydrogen-bond acceptors (Lipinski definition) is 5. The Morgan fingerprint density at radius 1 is 1.26 bits per heavy atom. The fourth-order valence-electron chi connectivity index (χ4n) is 2.22. The highest BCUT2D eigenvalue weighted by Crippen LogP contribution is 2.37. The topological polar surface area (TPSA) is 58.8 Å². The zero-order chi connectivity index (χ0) is 13.1. The molecular formula is C14H13N3OS. The lowest BCUT2D eigenvalue weighted by Crippen LogP contribution is -2.32. The fraction of sp³-hybridized carbons (Fsp3) is 0.357. The van der Waals surface area contributed by atoms with E-state index in [1.54, 1.807) is 17.5 Å². The minimum atomic E-state index is -0.476. The predicted molar refractivity (Wildman–Crippen MR) is 72.7 cm³/mol. The van der Waals surface area contributed by atoms with E-state index < -0.39 is 5.41 Å². The molecule has 0 amide bonds. The first-order chi connectivity index (χ1) is 9.34. The largest absolute Gasteiger partial charge is 0.381 e. The van der Waals surface area contributed by atoms with Crippen LogP contribution in [0.25, 0.3) is 11.4 Å². The van der Waals surface area contributed by atoms with Gasteiger partial charge in [-0.15, -0.1) is 11.3 Å². The maximum atomic E-state index is 9.52. The minimum absolute atomic E-state index is 0.476. The lowest BCUT2D eigenvalue weighted by molar-refractivity contribution is 0.0675. The Balaban J connectivity index is 1.95. The maximum Gasteiger partial charge on any atom is 0.114 e. The third-order valence-electron chi connectivity index (χ3n) is 3.40. The van der Waals surface area contributed by atoms with Crippen molar-refractivity contribution in [3.05, 3.63) is 34.8 Å². The summed E-state index contributed by atoms with van der Waals surface area (Å²) in [6.45, 7) is 1.26.